The number of nitrogens with one attached hydrogen (secondary N) is 1. The fourth-order valence-electron chi connectivity index (χ4n) is 1.53. The molecule has 5 heteroatoms. The Morgan fingerprint density at radius 2 is 2.11 bits per heavy atom. The van der Waals surface area contributed by atoms with Crippen molar-refractivity contribution < 1.29 is 19.4 Å². The average molecular weight is 251 g/mol. The Hall–Kier alpha value is -1.88. The summed E-state index contributed by atoms with van der Waals surface area (Å²) < 4.78 is 4.85. The van der Waals surface area contributed by atoms with E-state index in [2.05, 4.69) is 5.32 Å². The van der Waals surface area contributed by atoms with Gasteiger partial charge in [0.15, 0.2) is 0 Å². The number of ether oxygens (including phenoxy) is 1. The van der Waals surface area contributed by atoms with Gasteiger partial charge in [0.05, 0.1) is 5.56 Å². The van der Waals surface area contributed by atoms with E-state index in [-0.39, 0.29) is 11.5 Å². The van der Waals surface area contributed by atoms with E-state index in [4.69, 9.17) is 9.84 Å². The van der Waals surface area contributed by atoms with Crippen LogP contribution in [-0.4, -0.2) is 30.7 Å². The number of methoxy groups -OCH3 is 1. The summed E-state index contributed by atoms with van der Waals surface area (Å²) in [5, 5.41) is 11.6. The monoisotopic (exact) mass is 251 g/mol. The first kappa shape index (κ1) is 14.2. The first-order chi connectivity index (χ1) is 8.54. The summed E-state index contributed by atoms with van der Waals surface area (Å²) in [7, 11) is 1.58. The Morgan fingerprint density at radius 3 is 2.72 bits per heavy atom. The minimum atomic E-state index is -0.997. The number of carbonyl (C=O) groups is 2. The van der Waals surface area contributed by atoms with Crippen LogP contribution in [0.25, 0.3) is 0 Å². The third-order valence-corrected chi connectivity index (χ3v) is 2.50. The molecule has 0 atom stereocenters. The third-order valence-electron chi connectivity index (χ3n) is 2.50. The Balaban J connectivity index is 2.65. The minimum Gasteiger partial charge on any atom is -0.478 e. The van der Waals surface area contributed by atoms with Crippen LogP contribution in [0, 0.1) is 6.92 Å². The second-order valence-corrected chi connectivity index (χ2v) is 3.98. The molecule has 18 heavy (non-hydrogen) atoms. The van der Waals surface area contributed by atoms with Gasteiger partial charge >= 0.3 is 5.97 Å². The fourth-order valence-corrected chi connectivity index (χ4v) is 1.53. The van der Waals surface area contributed by atoms with E-state index in [1.165, 1.54) is 6.07 Å². The number of anilines is 1. The van der Waals surface area contributed by atoms with Crippen LogP contribution in [0.15, 0.2) is 18.2 Å². The molecule has 0 unspecified atom stereocenters. The van der Waals surface area contributed by atoms with Crippen LogP contribution in [0.3, 0.4) is 0 Å². The van der Waals surface area contributed by atoms with E-state index in [0.29, 0.717) is 30.7 Å². The van der Waals surface area contributed by atoms with E-state index < -0.39 is 5.97 Å². The molecule has 0 spiro atoms. The summed E-state index contributed by atoms with van der Waals surface area (Å²) in [6, 6.07) is 4.83. The van der Waals surface area contributed by atoms with Gasteiger partial charge in [0.2, 0.25) is 5.91 Å². The van der Waals surface area contributed by atoms with E-state index in [1.54, 1.807) is 26.2 Å². The average Bonchev–Trinajstić information content (AvgIpc) is 2.31. The van der Waals surface area contributed by atoms with Crippen LogP contribution >= 0.6 is 0 Å². The standard InChI is InChI=1S/C13H17NO4/c1-9-5-6-10(8-11(9)13(16)17)14-12(15)4-3-7-18-2/h5-6,8H,3-4,7H2,1-2H3,(H,14,15)(H,16,17). The molecule has 1 aromatic rings. The van der Waals surface area contributed by atoms with Gasteiger partial charge in [-0.1, -0.05) is 6.07 Å². The smallest absolute Gasteiger partial charge is 0.336 e. The molecule has 98 valence electrons. The molecule has 1 rings (SSSR count). The highest BCUT2D eigenvalue weighted by atomic mass is 16.5. The number of rotatable bonds is 6. The molecule has 0 fully saturated rings. The minimum absolute atomic E-state index is 0.146. The van der Waals surface area contributed by atoms with Crippen molar-refractivity contribution in [3.05, 3.63) is 29.3 Å². The molecule has 0 aromatic heterocycles. The molecule has 0 aliphatic rings. The highest BCUT2D eigenvalue weighted by molar-refractivity contribution is 5.94. The van der Waals surface area contributed by atoms with Crippen molar-refractivity contribution >= 4 is 17.6 Å². The van der Waals surface area contributed by atoms with Gasteiger partial charge in [-0.2, -0.15) is 0 Å². The zero-order valence-electron chi connectivity index (χ0n) is 10.5. The molecule has 0 saturated carbocycles. The van der Waals surface area contributed by atoms with Gasteiger partial charge in [0.25, 0.3) is 0 Å². The predicted molar refractivity (Wildman–Crippen MR) is 67.9 cm³/mol. The number of aromatic carboxylic acids is 1. The third kappa shape index (κ3) is 4.18. The Kier molecular flexibility index (Phi) is 5.32. The largest absolute Gasteiger partial charge is 0.478 e. The molecular weight excluding hydrogens is 234 g/mol. The number of benzene rings is 1. The molecule has 1 amide bonds. The molecule has 0 aliphatic heterocycles. The molecular formula is C13H17NO4. The summed E-state index contributed by atoms with van der Waals surface area (Å²) in [5.41, 5.74) is 1.37. The maximum Gasteiger partial charge on any atom is 0.336 e. The molecule has 0 saturated heterocycles. The summed E-state index contributed by atoms with van der Waals surface area (Å²) in [5.74, 6) is -1.14. The number of carbonyl (C=O) groups excluding carboxylic acids is 1. The number of hydrogen-bond donors (Lipinski definition) is 2. The van der Waals surface area contributed by atoms with Crippen LogP contribution in [0.5, 0.6) is 0 Å². The van der Waals surface area contributed by atoms with Crippen molar-refractivity contribution in [1.29, 1.82) is 0 Å². The lowest BCUT2D eigenvalue weighted by Gasteiger charge is -2.07. The summed E-state index contributed by atoms with van der Waals surface area (Å²) >= 11 is 0. The predicted octanol–water partition coefficient (Wildman–Crippen LogP) is 2.06. The van der Waals surface area contributed by atoms with Gasteiger partial charge in [-0.3, -0.25) is 4.79 Å². The number of hydrogen-bond acceptors (Lipinski definition) is 3. The Morgan fingerprint density at radius 1 is 1.39 bits per heavy atom. The molecule has 0 radical (unpaired) electrons. The van der Waals surface area contributed by atoms with Gasteiger partial charge in [-0.15, -0.1) is 0 Å². The van der Waals surface area contributed by atoms with E-state index in [9.17, 15) is 9.59 Å². The maximum absolute atomic E-state index is 11.5. The van der Waals surface area contributed by atoms with Crippen molar-refractivity contribution in [1.82, 2.24) is 0 Å². The summed E-state index contributed by atoms with van der Waals surface area (Å²) in [6.45, 7) is 2.25. The van der Waals surface area contributed by atoms with E-state index >= 15 is 0 Å². The second kappa shape index (κ2) is 6.76. The van der Waals surface area contributed by atoms with Crippen LogP contribution in [-0.2, 0) is 9.53 Å². The molecule has 0 heterocycles. The van der Waals surface area contributed by atoms with Crippen molar-refractivity contribution in [3.8, 4) is 0 Å². The topological polar surface area (TPSA) is 75.6 Å². The van der Waals surface area contributed by atoms with Crippen molar-refractivity contribution in [2.75, 3.05) is 19.0 Å². The molecule has 0 aliphatic carbocycles. The highest BCUT2D eigenvalue weighted by Crippen LogP contribution is 2.15. The number of aryl methyl sites for hydroxylation is 1. The van der Waals surface area contributed by atoms with Gasteiger partial charge < -0.3 is 15.2 Å². The molecule has 2 N–H and O–H groups in total. The number of carboxylic acids is 1. The lowest BCUT2D eigenvalue weighted by atomic mass is 10.1. The Bertz CT molecular complexity index is 443. The van der Waals surface area contributed by atoms with Crippen LogP contribution in [0.4, 0.5) is 5.69 Å². The molecule has 5 nitrogen and oxygen atoms in total. The second-order valence-electron chi connectivity index (χ2n) is 3.98. The van der Waals surface area contributed by atoms with Gasteiger partial charge in [-0.25, -0.2) is 4.79 Å². The van der Waals surface area contributed by atoms with Crippen molar-refractivity contribution in [2.24, 2.45) is 0 Å². The SMILES string of the molecule is COCCCC(=O)Nc1ccc(C)c(C(=O)O)c1. The number of carboxylic acid groups (broad SMARTS) is 1. The lowest BCUT2D eigenvalue weighted by Crippen LogP contribution is -2.13. The summed E-state index contributed by atoms with van der Waals surface area (Å²) in [4.78, 5) is 22.5. The van der Waals surface area contributed by atoms with Crippen LogP contribution < -0.4 is 5.32 Å². The van der Waals surface area contributed by atoms with Gasteiger partial charge in [0, 0.05) is 25.8 Å². The highest BCUT2D eigenvalue weighted by Gasteiger charge is 2.09. The Labute approximate surface area is 106 Å². The molecule has 1 aromatic carbocycles. The quantitative estimate of drug-likeness (QED) is 0.759. The van der Waals surface area contributed by atoms with Crippen LogP contribution in [0.1, 0.15) is 28.8 Å². The van der Waals surface area contributed by atoms with E-state index in [1.807, 2.05) is 0 Å². The summed E-state index contributed by atoms with van der Waals surface area (Å²) in [6.07, 6.45) is 0.990. The first-order valence-electron chi connectivity index (χ1n) is 5.67. The van der Waals surface area contributed by atoms with Crippen molar-refractivity contribution in [2.45, 2.75) is 19.8 Å². The number of amides is 1. The maximum atomic E-state index is 11.5. The van der Waals surface area contributed by atoms with E-state index in [0.717, 1.165) is 0 Å². The molecule has 0 bridgehead atoms. The van der Waals surface area contributed by atoms with Crippen molar-refractivity contribution in [3.63, 3.8) is 0 Å². The fraction of sp³-hybridized carbons (Fsp3) is 0.385. The van der Waals surface area contributed by atoms with Gasteiger partial charge in [0.1, 0.15) is 0 Å². The van der Waals surface area contributed by atoms with Crippen LogP contribution in [0.2, 0.25) is 0 Å². The lowest BCUT2D eigenvalue weighted by molar-refractivity contribution is -0.116. The zero-order chi connectivity index (χ0) is 13.5. The normalized spacial score (nSPS) is 10.1. The zero-order valence-corrected chi connectivity index (χ0v) is 10.5. The first-order valence-corrected chi connectivity index (χ1v) is 5.67. The van der Waals surface area contributed by atoms with Gasteiger partial charge in [-0.05, 0) is 31.0 Å².